The van der Waals surface area contributed by atoms with Crippen LogP contribution in [-0.2, 0) is 28.5 Å². The van der Waals surface area contributed by atoms with Gasteiger partial charge in [0, 0.05) is 6.61 Å². The lowest BCUT2D eigenvalue weighted by atomic mass is 10.0. The van der Waals surface area contributed by atoms with Gasteiger partial charge >= 0.3 is 11.9 Å². The van der Waals surface area contributed by atoms with E-state index in [1.165, 1.54) is 0 Å². The highest BCUT2D eigenvalue weighted by molar-refractivity contribution is 5.80. The van der Waals surface area contributed by atoms with Crippen LogP contribution in [0.5, 0.6) is 0 Å². The van der Waals surface area contributed by atoms with Gasteiger partial charge in [0.05, 0.1) is 25.6 Å². The lowest BCUT2D eigenvalue weighted by Gasteiger charge is -2.31. The molecule has 0 radical (unpaired) electrons. The van der Waals surface area contributed by atoms with Crippen molar-refractivity contribution in [3.05, 3.63) is 12.2 Å². The van der Waals surface area contributed by atoms with Crippen LogP contribution in [0.25, 0.3) is 0 Å². The fourth-order valence-corrected chi connectivity index (χ4v) is 2.56. The third-order valence-corrected chi connectivity index (χ3v) is 3.73. The molecule has 0 saturated carbocycles. The Morgan fingerprint density at radius 1 is 1.38 bits per heavy atom. The molecule has 150 valence electrons. The Kier molecular flexibility index (Phi) is 8.73. The first kappa shape index (κ1) is 22.6. The average molecular weight is 372 g/mol. The number of aliphatic hydroxyl groups excluding tert-OH is 1. The quantitative estimate of drug-likeness (QED) is 0.583. The number of aliphatic hydroxyl groups is 1. The van der Waals surface area contributed by atoms with E-state index in [4.69, 9.17) is 18.9 Å². The summed E-state index contributed by atoms with van der Waals surface area (Å²) in [6.45, 7) is 13.0. The first-order valence-corrected chi connectivity index (χ1v) is 8.93. The minimum atomic E-state index is -0.931. The summed E-state index contributed by atoms with van der Waals surface area (Å²) in [4.78, 5) is 24.5. The lowest BCUT2D eigenvalue weighted by Crippen LogP contribution is -2.45. The number of carbonyl (C=O) groups is 2. The molecule has 1 saturated heterocycles. The zero-order chi connectivity index (χ0) is 19.9. The summed E-state index contributed by atoms with van der Waals surface area (Å²) < 4.78 is 21.8. The molecule has 4 atom stereocenters. The summed E-state index contributed by atoms with van der Waals surface area (Å²) in [5.41, 5.74) is 0.170. The van der Waals surface area contributed by atoms with Gasteiger partial charge in [0.2, 0.25) is 0 Å². The Hall–Kier alpha value is -1.44. The minimum Gasteiger partial charge on any atom is -0.460 e. The maximum absolute atomic E-state index is 12.5. The van der Waals surface area contributed by atoms with Crippen LogP contribution in [0.15, 0.2) is 12.2 Å². The highest BCUT2D eigenvalue weighted by atomic mass is 16.6. The fraction of sp³-hybridized carbons (Fsp3) is 0.789. The number of hydrogen-bond donors (Lipinski definition) is 1. The largest absolute Gasteiger partial charge is 0.460 e. The molecule has 1 N–H and O–H groups in total. The molecule has 1 heterocycles. The molecule has 0 aromatic rings. The smallest absolute Gasteiger partial charge is 0.309 e. The Bertz CT molecular complexity index is 495. The number of hydrogen-bond acceptors (Lipinski definition) is 7. The molecule has 7 heteroatoms. The molecule has 0 spiro atoms. The van der Waals surface area contributed by atoms with Crippen molar-refractivity contribution in [3.63, 3.8) is 0 Å². The normalized spacial score (nSPS) is 28.2. The third kappa shape index (κ3) is 8.29. The molecule has 0 bridgehead atoms. The van der Waals surface area contributed by atoms with Gasteiger partial charge in [0.25, 0.3) is 0 Å². The van der Waals surface area contributed by atoms with Gasteiger partial charge in [-0.1, -0.05) is 12.2 Å². The lowest BCUT2D eigenvalue weighted by molar-refractivity contribution is -0.177. The number of carbonyl (C=O) groups excluding carboxylic acids is 2. The van der Waals surface area contributed by atoms with E-state index in [-0.39, 0.29) is 26.2 Å². The van der Waals surface area contributed by atoms with Crippen molar-refractivity contribution in [2.24, 2.45) is 5.92 Å². The van der Waals surface area contributed by atoms with Crippen LogP contribution in [0.3, 0.4) is 0 Å². The summed E-state index contributed by atoms with van der Waals surface area (Å²) in [6, 6.07) is 0. The Morgan fingerprint density at radius 3 is 2.62 bits per heavy atom. The summed E-state index contributed by atoms with van der Waals surface area (Å²) in [7, 11) is 0. The summed E-state index contributed by atoms with van der Waals surface area (Å²) in [5, 5.41) is 10.3. The second-order valence-electron chi connectivity index (χ2n) is 7.79. The van der Waals surface area contributed by atoms with Gasteiger partial charge in [-0.25, -0.2) is 0 Å². The number of ether oxygens (including phenoxy) is 4. The second kappa shape index (κ2) is 10.0. The summed E-state index contributed by atoms with van der Waals surface area (Å²) in [5.74, 6) is -1.64. The fourth-order valence-electron chi connectivity index (χ4n) is 2.56. The van der Waals surface area contributed by atoms with Crippen molar-refractivity contribution in [2.75, 3.05) is 19.8 Å². The highest BCUT2D eigenvalue weighted by Gasteiger charge is 2.34. The van der Waals surface area contributed by atoms with Crippen LogP contribution in [-0.4, -0.2) is 60.8 Å². The van der Waals surface area contributed by atoms with E-state index in [1.54, 1.807) is 34.6 Å². The third-order valence-electron chi connectivity index (χ3n) is 3.73. The molecule has 0 unspecified atom stereocenters. The van der Waals surface area contributed by atoms with Crippen LogP contribution < -0.4 is 0 Å². The van der Waals surface area contributed by atoms with E-state index in [9.17, 15) is 14.7 Å². The Morgan fingerprint density at radius 2 is 2.04 bits per heavy atom. The van der Waals surface area contributed by atoms with E-state index in [0.29, 0.717) is 6.42 Å². The first-order chi connectivity index (χ1) is 12.0. The van der Waals surface area contributed by atoms with Crippen LogP contribution >= 0.6 is 0 Å². The van der Waals surface area contributed by atoms with Gasteiger partial charge in [-0.2, -0.15) is 0 Å². The maximum Gasteiger partial charge on any atom is 0.309 e. The van der Waals surface area contributed by atoms with E-state index >= 15 is 0 Å². The SMILES string of the molecule is C=C(C)CO[C@H]1[C@H](C)OC(=O)[C@@H](CC(=O)OC(C)(C)C)CCOC[C@@H]1O. The number of esters is 2. The van der Waals surface area contributed by atoms with Crippen molar-refractivity contribution in [3.8, 4) is 0 Å². The highest BCUT2D eigenvalue weighted by Crippen LogP contribution is 2.20. The molecule has 0 aromatic carbocycles. The van der Waals surface area contributed by atoms with Crippen LogP contribution in [0.4, 0.5) is 0 Å². The summed E-state index contributed by atoms with van der Waals surface area (Å²) in [6.07, 6.45) is -2.13. The Balaban J connectivity index is 2.78. The van der Waals surface area contributed by atoms with Crippen molar-refractivity contribution in [1.29, 1.82) is 0 Å². The number of rotatable bonds is 5. The molecule has 26 heavy (non-hydrogen) atoms. The van der Waals surface area contributed by atoms with E-state index in [2.05, 4.69) is 6.58 Å². The van der Waals surface area contributed by atoms with E-state index in [0.717, 1.165) is 5.57 Å². The van der Waals surface area contributed by atoms with Crippen LogP contribution in [0, 0.1) is 5.92 Å². The first-order valence-electron chi connectivity index (χ1n) is 8.93. The van der Waals surface area contributed by atoms with Gasteiger partial charge in [-0.05, 0) is 41.0 Å². The van der Waals surface area contributed by atoms with Gasteiger partial charge in [0.15, 0.2) is 0 Å². The van der Waals surface area contributed by atoms with Gasteiger partial charge in [-0.3, -0.25) is 9.59 Å². The Labute approximate surface area is 155 Å². The zero-order valence-electron chi connectivity index (χ0n) is 16.4. The minimum absolute atomic E-state index is 0.0574. The monoisotopic (exact) mass is 372 g/mol. The van der Waals surface area contributed by atoms with Crippen molar-refractivity contribution < 1.29 is 33.6 Å². The predicted octanol–water partition coefficient (Wildman–Crippen LogP) is 2.01. The topological polar surface area (TPSA) is 91.3 Å². The summed E-state index contributed by atoms with van der Waals surface area (Å²) >= 11 is 0. The predicted molar refractivity (Wildman–Crippen MR) is 95.5 cm³/mol. The second-order valence-corrected chi connectivity index (χ2v) is 7.79. The molecule has 1 aliphatic heterocycles. The van der Waals surface area contributed by atoms with Crippen molar-refractivity contribution >= 4 is 11.9 Å². The molecule has 7 nitrogen and oxygen atoms in total. The molecule has 0 aliphatic carbocycles. The van der Waals surface area contributed by atoms with Crippen molar-refractivity contribution in [2.45, 2.75) is 71.4 Å². The molecule has 1 aliphatic rings. The average Bonchev–Trinajstić information content (AvgIpc) is 2.47. The van der Waals surface area contributed by atoms with Crippen LogP contribution in [0.1, 0.15) is 47.5 Å². The molecular formula is C19H32O7. The standard InChI is InChI=1S/C19H32O7/c1-12(2)10-24-17-13(3)25-18(22)14(7-8-23-11-15(17)20)9-16(21)26-19(4,5)6/h13-15,17,20H,1,7-11H2,2-6H3/t13-,14+,15-,17-/m0/s1. The number of cyclic esters (lactones) is 1. The molecule has 0 aromatic heterocycles. The van der Waals surface area contributed by atoms with Gasteiger partial charge < -0.3 is 24.1 Å². The molecule has 1 rings (SSSR count). The maximum atomic E-state index is 12.5. The van der Waals surface area contributed by atoms with E-state index < -0.39 is 41.8 Å². The molecule has 1 fully saturated rings. The zero-order valence-corrected chi connectivity index (χ0v) is 16.4. The van der Waals surface area contributed by atoms with Gasteiger partial charge in [-0.15, -0.1) is 0 Å². The van der Waals surface area contributed by atoms with E-state index in [1.807, 2.05) is 0 Å². The van der Waals surface area contributed by atoms with Gasteiger partial charge in [0.1, 0.15) is 23.9 Å². The van der Waals surface area contributed by atoms with Crippen LogP contribution in [0.2, 0.25) is 0 Å². The molecule has 0 amide bonds. The molecular weight excluding hydrogens is 340 g/mol. The van der Waals surface area contributed by atoms with Crippen molar-refractivity contribution in [1.82, 2.24) is 0 Å².